The van der Waals surface area contributed by atoms with Crippen molar-refractivity contribution in [1.29, 1.82) is 0 Å². The van der Waals surface area contributed by atoms with Gasteiger partial charge in [0.15, 0.2) is 5.78 Å². The van der Waals surface area contributed by atoms with E-state index in [1.807, 2.05) is 33.0 Å². The van der Waals surface area contributed by atoms with Crippen LogP contribution in [0.25, 0.3) is 0 Å². The highest BCUT2D eigenvalue weighted by molar-refractivity contribution is 5.98. The zero-order valence-electron chi connectivity index (χ0n) is 12.0. The van der Waals surface area contributed by atoms with Crippen molar-refractivity contribution in [3.63, 3.8) is 0 Å². The second-order valence-electron chi connectivity index (χ2n) is 6.19. The van der Waals surface area contributed by atoms with Crippen molar-refractivity contribution in [3.8, 4) is 0 Å². The Morgan fingerprint density at radius 3 is 2.79 bits per heavy atom. The van der Waals surface area contributed by atoms with Crippen LogP contribution in [0.5, 0.6) is 0 Å². The molecule has 1 heterocycles. The minimum Gasteiger partial charge on any atom is -0.351 e. The highest BCUT2D eigenvalue weighted by Crippen LogP contribution is 2.22. The van der Waals surface area contributed by atoms with E-state index in [4.69, 9.17) is 0 Å². The molecule has 0 aromatic carbocycles. The predicted molar refractivity (Wildman–Crippen MR) is 74.2 cm³/mol. The number of hydrogen-bond donors (Lipinski definition) is 1. The monoisotopic (exact) mass is 262 g/mol. The predicted octanol–water partition coefficient (Wildman–Crippen LogP) is 2.31. The van der Waals surface area contributed by atoms with Crippen molar-refractivity contribution in [2.45, 2.75) is 58.5 Å². The molecule has 104 valence electrons. The fourth-order valence-corrected chi connectivity index (χ4v) is 2.50. The fourth-order valence-electron chi connectivity index (χ4n) is 2.50. The van der Waals surface area contributed by atoms with Crippen LogP contribution in [0.1, 0.15) is 56.1 Å². The van der Waals surface area contributed by atoms with Crippen LogP contribution in [0.15, 0.2) is 12.3 Å². The van der Waals surface area contributed by atoms with Crippen LogP contribution in [-0.2, 0) is 17.8 Å². The van der Waals surface area contributed by atoms with Crippen molar-refractivity contribution < 1.29 is 9.59 Å². The molecule has 4 nitrogen and oxygen atoms in total. The number of nitrogens with zero attached hydrogens (tertiary/aromatic N) is 1. The summed E-state index contributed by atoms with van der Waals surface area (Å²) in [4.78, 5) is 23.5. The summed E-state index contributed by atoms with van der Waals surface area (Å²) in [5.41, 5.74) is 1.76. The normalized spacial score (nSPS) is 15.2. The number of amides is 1. The largest absolute Gasteiger partial charge is 0.351 e. The molecule has 19 heavy (non-hydrogen) atoms. The van der Waals surface area contributed by atoms with Gasteiger partial charge in [-0.05, 0) is 39.7 Å². The maximum Gasteiger partial charge on any atom is 0.222 e. The van der Waals surface area contributed by atoms with Gasteiger partial charge in [-0.3, -0.25) is 9.59 Å². The molecule has 0 saturated heterocycles. The summed E-state index contributed by atoms with van der Waals surface area (Å²) in [5, 5.41) is 2.95. The molecule has 0 unspecified atom stereocenters. The van der Waals surface area contributed by atoms with Crippen molar-refractivity contribution in [2.24, 2.45) is 0 Å². The molecular weight excluding hydrogens is 240 g/mol. The molecule has 0 saturated carbocycles. The number of hydrogen-bond acceptors (Lipinski definition) is 2. The van der Waals surface area contributed by atoms with Gasteiger partial charge < -0.3 is 9.88 Å². The highest BCUT2D eigenvalue weighted by atomic mass is 16.1. The Morgan fingerprint density at radius 1 is 1.37 bits per heavy atom. The summed E-state index contributed by atoms with van der Waals surface area (Å²) >= 11 is 0. The molecular formula is C15H22N2O2. The zero-order chi connectivity index (χ0) is 14.0. The van der Waals surface area contributed by atoms with Crippen LogP contribution in [0, 0.1) is 0 Å². The molecule has 1 amide bonds. The Morgan fingerprint density at radius 2 is 2.11 bits per heavy atom. The molecule has 1 aliphatic carbocycles. The van der Waals surface area contributed by atoms with Crippen molar-refractivity contribution in [1.82, 2.24) is 9.88 Å². The molecule has 1 aromatic heterocycles. The Kier molecular flexibility index (Phi) is 3.78. The smallest absolute Gasteiger partial charge is 0.222 e. The van der Waals surface area contributed by atoms with Crippen LogP contribution in [-0.4, -0.2) is 21.8 Å². The summed E-state index contributed by atoms with van der Waals surface area (Å²) in [7, 11) is 0. The van der Waals surface area contributed by atoms with Gasteiger partial charge in [-0.25, -0.2) is 0 Å². The van der Waals surface area contributed by atoms with Gasteiger partial charge in [0, 0.05) is 42.4 Å². The van der Waals surface area contributed by atoms with Crippen molar-refractivity contribution in [2.75, 3.05) is 0 Å². The molecule has 1 N–H and O–H groups in total. The molecule has 0 bridgehead atoms. The van der Waals surface area contributed by atoms with E-state index in [1.165, 1.54) is 0 Å². The average Bonchev–Trinajstić information content (AvgIpc) is 2.69. The third-order valence-electron chi connectivity index (χ3n) is 3.29. The molecule has 0 spiro atoms. The lowest BCUT2D eigenvalue weighted by Crippen LogP contribution is -2.40. The number of nitrogens with one attached hydrogen (secondary N) is 1. The quantitative estimate of drug-likeness (QED) is 0.908. The third kappa shape index (κ3) is 3.46. The topological polar surface area (TPSA) is 51.1 Å². The number of carbonyl (C=O) groups is 2. The summed E-state index contributed by atoms with van der Waals surface area (Å²) in [6.45, 7) is 6.56. The van der Waals surface area contributed by atoms with E-state index in [1.54, 1.807) is 0 Å². The molecule has 2 rings (SSSR count). The van der Waals surface area contributed by atoms with Gasteiger partial charge in [0.2, 0.25) is 5.91 Å². The first-order valence-electron chi connectivity index (χ1n) is 6.89. The van der Waals surface area contributed by atoms with Crippen LogP contribution in [0.3, 0.4) is 0 Å². The highest BCUT2D eigenvalue weighted by Gasteiger charge is 2.21. The fraction of sp³-hybridized carbons (Fsp3) is 0.600. The zero-order valence-corrected chi connectivity index (χ0v) is 12.0. The third-order valence-corrected chi connectivity index (χ3v) is 3.29. The lowest BCUT2D eigenvalue weighted by Gasteiger charge is -2.21. The maximum atomic E-state index is 11.8. The number of fused-ring (bicyclic) bond motifs is 1. The van der Waals surface area contributed by atoms with Crippen LogP contribution in [0.4, 0.5) is 0 Å². The van der Waals surface area contributed by atoms with Gasteiger partial charge in [0.1, 0.15) is 0 Å². The van der Waals surface area contributed by atoms with E-state index >= 15 is 0 Å². The van der Waals surface area contributed by atoms with E-state index in [0.29, 0.717) is 19.4 Å². The first-order chi connectivity index (χ1) is 8.87. The summed E-state index contributed by atoms with van der Waals surface area (Å²) in [5.74, 6) is 0.288. The minimum absolute atomic E-state index is 0.0529. The van der Waals surface area contributed by atoms with Crippen molar-refractivity contribution in [3.05, 3.63) is 23.5 Å². The number of carbonyl (C=O) groups excluding carboxylic acids is 2. The number of rotatable bonds is 3. The molecule has 0 atom stereocenters. The maximum absolute atomic E-state index is 11.8. The molecule has 1 aromatic rings. The second-order valence-corrected chi connectivity index (χ2v) is 6.19. The Bertz CT molecular complexity index is 495. The van der Waals surface area contributed by atoms with Gasteiger partial charge in [0.05, 0.1) is 0 Å². The SMILES string of the molecule is CC(C)(C)NC(=O)CCn1ccc2c1CCCC2=O. The lowest BCUT2D eigenvalue weighted by atomic mass is 9.97. The van der Waals surface area contributed by atoms with Gasteiger partial charge in [-0.15, -0.1) is 0 Å². The minimum atomic E-state index is -0.191. The number of aromatic nitrogens is 1. The molecule has 0 radical (unpaired) electrons. The van der Waals surface area contributed by atoms with Gasteiger partial charge in [0.25, 0.3) is 0 Å². The van der Waals surface area contributed by atoms with Crippen LogP contribution in [0.2, 0.25) is 0 Å². The standard InChI is InChI=1S/C15H22N2O2/c1-15(2,3)16-14(19)8-10-17-9-7-11-12(17)5-4-6-13(11)18/h7,9H,4-6,8,10H2,1-3H3,(H,16,19). The van der Waals surface area contributed by atoms with E-state index in [0.717, 1.165) is 24.1 Å². The Hall–Kier alpha value is -1.58. The van der Waals surface area contributed by atoms with Gasteiger partial charge in [-0.2, -0.15) is 0 Å². The number of Topliss-reactive ketones (excluding diaryl/α,β-unsaturated/α-hetero) is 1. The second kappa shape index (κ2) is 5.19. The van der Waals surface area contributed by atoms with Crippen LogP contribution < -0.4 is 5.32 Å². The van der Waals surface area contributed by atoms with Gasteiger partial charge >= 0.3 is 0 Å². The van der Waals surface area contributed by atoms with E-state index in [-0.39, 0.29) is 17.2 Å². The number of aryl methyl sites for hydroxylation is 1. The molecule has 4 heteroatoms. The molecule has 0 fully saturated rings. The molecule has 1 aliphatic rings. The van der Waals surface area contributed by atoms with Gasteiger partial charge in [-0.1, -0.05) is 0 Å². The average molecular weight is 262 g/mol. The van der Waals surface area contributed by atoms with Crippen LogP contribution >= 0.6 is 0 Å². The summed E-state index contributed by atoms with van der Waals surface area (Å²) in [6.07, 6.45) is 4.89. The first-order valence-corrected chi connectivity index (χ1v) is 6.89. The van der Waals surface area contributed by atoms with Crippen molar-refractivity contribution >= 4 is 11.7 Å². The lowest BCUT2D eigenvalue weighted by molar-refractivity contribution is -0.122. The number of ketones is 1. The Balaban J connectivity index is 1.98. The summed E-state index contributed by atoms with van der Waals surface area (Å²) in [6, 6.07) is 1.89. The van der Waals surface area contributed by atoms with E-state index in [2.05, 4.69) is 9.88 Å². The van der Waals surface area contributed by atoms with E-state index in [9.17, 15) is 9.59 Å². The molecule has 0 aliphatic heterocycles. The summed E-state index contributed by atoms with van der Waals surface area (Å²) < 4.78 is 2.05. The Labute approximate surface area is 114 Å². The van der Waals surface area contributed by atoms with E-state index < -0.39 is 0 Å². The first kappa shape index (κ1) is 13.8.